The Balaban J connectivity index is 2.44. The molecule has 1 amide bonds. The maximum Gasteiger partial charge on any atom is 0.406 e. The van der Waals surface area contributed by atoms with E-state index in [1.807, 2.05) is 0 Å². The summed E-state index contributed by atoms with van der Waals surface area (Å²) < 4.78 is 36.1. The Morgan fingerprint density at radius 3 is 2.67 bits per heavy atom. The highest BCUT2D eigenvalue weighted by atomic mass is 19.4. The zero-order valence-electron chi connectivity index (χ0n) is 8.60. The first-order valence-electron chi connectivity index (χ1n) is 4.92. The summed E-state index contributed by atoms with van der Waals surface area (Å²) in [5, 5.41) is 3.00. The minimum absolute atomic E-state index is 0.300. The zero-order chi connectivity index (χ0) is 11.5. The molecule has 0 bridgehead atoms. The van der Waals surface area contributed by atoms with Gasteiger partial charge in [-0.05, 0) is 19.4 Å². The molecule has 1 saturated heterocycles. The number of nitrogens with zero attached hydrogens (tertiary/aromatic N) is 1. The van der Waals surface area contributed by atoms with E-state index < -0.39 is 18.6 Å². The van der Waals surface area contributed by atoms with Gasteiger partial charge in [-0.15, -0.1) is 0 Å². The normalized spacial score (nSPS) is 22.5. The standard InChI is InChI=1S/C9H15F3N2O/c1-14(6-9(10,11)12)8(15)7-3-2-4-13-5-7/h7,13H,2-6H2,1H3. The lowest BCUT2D eigenvalue weighted by atomic mass is 9.98. The van der Waals surface area contributed by atoms with E-state index in [0.29, 0.717) is 13.0 Å². The summed E-state index contributed by atoms with van der Waals surface area (Å²) in [4.78, 5) is 12.3. The zero-order valence-corrected chi connectivity index (χ0v) is 8.60. The fourth-order valence-corrected chi connectivity index (χ4v) is 1.72. The van der Waals surface area contributed by atoms with Gasteiger partial charge in [-0.2, -0.15) is 13.2 Å². The van der Waals surface area contributed by atoms with Crippen molar-refractivity contribution in [1.29, 1.82) is 0 Å². The number of hydrogen-bond acceptors (Lipinski definition) is 2. The van der Waals surface area contributed by atoms with Gasteiger partial charge >= 0.3 is 6.18 Å². The smallest absolute Gasteiger partial charge is 0.336 e. The first-order valence-corrected chi connectivity index (χ1v) is 4.92. The highest BCUT2D eigenvalue weighted by molar-refractivity contribution is 5.79. The number of piperidine rings is 1. The van der Waals surface area contributed by atoms with Crippen LogP contribution in [0.5, 0.6) is 0 Å². The lowest BCUT2D eigenvalue weighted by Crippen LogP contribution is -2.44. The summed E-state index contributed by atoms with van der Waals surface area (Å²) in [6, 6.07) is 0. The lowest BCUT2D eigenvalue weighted by molar-refractivity contribution is -0.161. The van der Waals surface area contributed by atoms with Crippen LogP contribution in [0.25, 0.3) is 0 Å². The molecule has 0 aromatic rings. The van der Waals surface area contributed by atoms with Crippen LogP contribution in [0.3, 0.4) is 0 Å². The van der Waals surface area contributed by atoms with Gasteiger partial charge in [-0.1, -0.05) is 0 Å². The maximum atomic E-state index is 12.0. The number of alkyl halides is 3. The predicted octanol–water partition coefficient (Wildman–Crippen LogP) is 1.01. The summed E-state index contributed by atoms with van der Waals surface area (Å²) in [6.45, 7) is 0.163. The number of nitrogens with one attached hydrogen (secondary N) is 1. The Bertz CT molecular complexity index is 224. The second-order valence-corrected chi connectivity index (χ2v) is 3.85. The van der Waals surface area contributed by atoms with Crippen LogP contribution in [0.2, 0.25) is 0 Å². The van der Waals surface area contributed by atoms with Gasteiger partial charge in [0.15, 0.2) is 0 Å². The van der Waals surface area contributed by atoms with Crippen LogP contribution in [0.15, 0.2) is 0 Å². The number of carbonyl (C=O) groups excluding carboxylic acids is 1. The molecule has 0 aromatic heterocycles. The van der Waals surface area contributed by atoms with Crippen molar-refractivity contribution in [3.05, 3.63) is 0 Å². The number of hydrogen-bond donors (Lipinski definition) is 1. The molecule has 1 aliphatic heterocycles. The van der Waals surface area contributed by atoms with Crippen LogP contribution in [0.1, 0.15) is 12.8 Å². The molecule has 1 aliphatic rings. The fourth-order valence-electron chi connectivity index (χ4n) is 1.72. The van der Waals surface area contributed by atoms with Gasteiger partial charge < -0.3 is 10.2 Å². The summed E-state index contributed by atoms with van der Waals surface area (Å²) in [5.41, 5.74) is 0. The number of halogens is 3. The van der Waals surface area contributed by atoms with E-state index in [2.05, 4.69) is 5.32 Å². The van der Waals surface area contributed by atoms with E-state index in [4.69, 9.17) is 0 Å². The molecule has 0 saturated carbocycles. The first-order chi connectivity index (χ1) is 6.90. The molecule has 0 spiro atoms. The minimum atomic E-state index is -4.31. The lowest BCUT2D eigenvalue weighted by Gasteiger charge is -2.27. The molecule has 6 heteroatoms. The molecule has 1 unspecified atom stereocenters. The minimum Gasteiger partial charge on any atom is -0.336 e. The van der Waals surface area contributed by atoms with Crippen LogP contribution >= 0.6 is 0 Å². The van der Waals surface area contributed by atoms with Crippen LogP contribution in [-0.2, 0) is 4.79 Å². The van der Waals surface area contributed by atoms with Crippen molar-refractivity contribution >= 4 is 5.91 Å². The third-order valence-electron chi connectivity index (χ3n) is 2.44. The summed E-state index contributed by atoms with van der Waals surface area (Å²) >= 11 is 0. The molecule has 1 heterocycles. The molecule has 0 aliphatic carbocycles. The highest BCUT2D eigenvalue weighted by Crippen LogP contribution is 2.18. The van der Waals surface area contributed by atoms with Crippen molar-refractivity contribution in [1.82, 2.24) is 10.2 Å². The first kappa shape index (κ1) is 12.3. The monoisotopic (exact) mass is 224 g/mol. The second-order valence-electron chi connectivity index (χ2n) is 3.85. The van der Waals surface area contributed by atoms with E-state index in [0.717, 1.165) is 17.9 Å². The second kappa shape index (κ2) is 4.83. The molecule has 1 N–H and O–H groups in total. The van der Waals surface area contributed by atoms with E-state index in [9.17, 15) is 18.0 Å². The number of carbonyl (C=O) groups is 1. The number of rotatable bonds is 2. The van der Waals surface area contributed by atoms with Gasteiger partial charge in [0.1, 0.15) is 6.54 Å². The quantitative estimate of drug-likeness (QED) is 0.759. The summed E-state index contributed by atoms with van der Waals surface area (Å²) in [6.07, 6.45) is -2.79. The van der Waals surface area contributed by atoms with Gasteiger partial charge in [0.25, 0.3) is 0 Å². The Hall–Kier alpha value is -0.780. The van der Waals surface area contributed by atoms with Crippen molar-refractivity contribution in [3.63, 3.8) is 0 Å². The molecule has 1 rings (SSSR count). The Labute approximate surface area is 86.6 Å². The Morgan fingerprint density at radius 1 is 1.53 bits per heavy atom. The molecule has 0 aromatic carbocycles. The maximum absolute atomic E-state index is 12.0. The van der Waals surface area contributed by atoms with E-state index >= 15 is 0 Å². The van der Waals surface area contributed by atoms with Gasteiger partial charge in [0, 0.05) is 13.6 Å². The molecule has 3 nitrogen and oxygen atoms in total. The average molecular weight is 224 g/mol. The largest absolute Gasteiger partial charge is 0.406 e. The van der Waals surface area contributed by atoms with Crippen LogP contribution in [0.4, 0.5) is 13.2 Å². The SMILES string of the molecule is CN(CC(F)(F)F)C(=O)C1CCCNC1. The van der Waals surface area contributed by atoms with Crippen LogP contribution in [0, 0.1) is 5.92 Å². The predicted molar refractivity (Wildman–Crippen MR) is 49.3 cm³/mol. The van der Waals surface area contributed by atoms with E-state index in [1.165, 1.54) is 7.05 Å². The van der Waals surface area contributed by atoms with Crippen LogP contribution < -0.4 is 5.32 Å². The fraction of sp³-hybridized carbons (Fsp3) is 0.889. The third-order valence-corrected chi connectivity index (χ3v) is 2.44. The van der Waals surface area contributed by atoms with E-state index in [-0.39, 0.29) is 5.92 Å². The average Bonchev–Trinajstić information content (AvgIpc) is 2.15. The molecule has 88 valence electrons. The number of amides is 1. The topological polar surface area (TPSA) is 32.3 Å². The molecule has 1 fully saturated rings. The molecular formula is C9H15F3N2O. The van der Waals surface area contributed by atoms with Gasteiger partial charge in [0.05, 0.1) is 5.92 Å². The summed E-state index contributed by atoms with van der Waals surface area (Å²) in [7, 11) is 1.20. The van der Waals surface area contributed by atoms with E-state index in [1.54, 1.807) is 0 Å². The highest BCUT2D eigenvalue weighted by Gasteiger charge is 2.33. The van der Waals surface area contributed by atoms with Crippen molar-refractivity contribution in [3.8, 4) is 0 Å². The van der Waals surface area contributed by atoms with Gasteiger partial charge in [-0.25, -0.2) is 0 Å². The Morgan fingerprint density at radius 2 is 2.20 bits per heavy atom. The van der Waals surface area contributed by atoms with Crippen molar-refractivity contribution in [2.24, 2.45) is 5.92 Å². The van der Waals surface area contributed by atoms with Gasteiger partial charge in [0.2, 0.25) is 5.91 Å². The van der Waals surface area contributed by atoms with Crippen molar-refractivity contribution in [2.75, 3.05) is 26.7 Å². The van der Waals surface area contributed by atoms with Gasteiger partial charge in [-0.3, -0.25) is 4.79 Å². The summed E-state index contributed by atoms with van der Waals surface area (Å²) in [5.74, 6) is -0.717. The van der Waals surface area contributed by atoms with Crippen molar-refractivity contribution < 1.29 is 18.0 Å². The molecule has 1 atom stereocenters. The molecule has 0 radical (unpaired) electrons. The molecule has 15 heavy (non-hydrogen) atoms. The Kier molecular flexibility index (Phi) is 3.96. The molecular weight excluding hydrogens is 209 g/mol. The van der Waals surface area contributed by atoms with Crippen molar-refractivity contribution in [2.45, 2.75) is 19.0 Å². The van der Waals surface area contributed by atoms with Crippen LogP contribution in [-0.4, -0.2) is 43.7 Å². The third kappa shape index (κ3) is 4.07.